The number of methoxy groups -OCH3 is 1. The van der Waals surface area contributed by atoms with Crippen LogP contribution in [0.5, 0.6) is 5.75 Å². The molecular weight excluding hydrogens is 354 g/mol. The maximum atomic E-state index is 6.11. The predicted octanol–water partition coefficient (Wildman–Crippen LogP) is 5.51. The van der Waals surface area contributed by atoms with Crippen LogP contribution < -0.4 is 4.74 Å². The smallest absolute Gasteiger partial charge is 0.119 e. The minimum Gasteiger partial charge on any atom is -0.497 e. The van der Waals surface area contributed by atoms with Crippen LogP contribution in [-0.4, -0.2) is 22.3 Å². The Morgan fingerprint density at radius 2 is 2.08 bits per heavy atom. The molecule has 0 radical (unpaired) electrons. The molecule has 0 aliphatic carbocycles. The number of fused-ring (bicyclic) bond motifs is 1. The highest BCUT2D eigenvalue weighted by Crippen LogP contribution is 2.32. The Hall–Kier alpha value is -2.37. The monoisotopic (exact) mass is 369 g/mol. The fourth-order valence-electron chi connectivity index (χ4n) is 2.71. The van der Waals surface area contributed by atoms with Crippen molar-refractivity contribution in [3.8, 4) is 17.0 Å². The van der Waals surface area contributed by atoms with Crippen LogP contribution in [0, 0.1) is 0 Å². The van der Waals surface area contributed by atoms with Crippen molar-refractivity contribution in [2.24, 2.45) is 0 Å². The number of halogens is 1. The van der Waals surface area contributed by atoms with E-state index in [1.807, 2.05) is 48.7 Å². The van der Waals surface area contributed by atoms with E-state index >= 15 is 0 Å². The van der Waals surface area contributed by atoms with Gasteiger partial charge in [0.15, 0.2) is 0 Å². The summed E-state index contributed by atoms with van der Waals surface area (Å²) in [5.74, 6) is 1.61. The molecule has 0 bridgehead atoms. The van der Waals surface area contributed by atoms with Gasteiger partial charge in [-0.1, -0.05) is 23.7 Å². The van der Waals surface area contributed by atoms with Gasteiger partial charge in [-0.05, 0) is 36.4 Å². The average Bonchev–Trinajstić information content (AvgIpc) is 3.26. The average molecular weight is 370 g/mol. The summed E-state index contributed by atoms with van der Waals surface area (Å²) in [6.07, 6.45) is 2.02. The van der Waals surface area contributed by atoms with Crippen molar-refractivity contribution < 1.29 is 4.74 Å². The Bertz CT molecular complexity index is 1020. The third-order valence-electron chi connectivity index (χ3n) is 3.99. The van der Waals surface area contributed by atoms with Crippen LogP contribution in [0.4, 0.5) is 0 Å². The lowest BCUT2D eigenvalue weighted by molar-refractivity contribution is 0.415. The van der Waals surface area contributed by atoms with Crippen LogP contribution in [0.1, 0.15) is 5.69 Å². The zero-order valence-electron chi connectivity index (χ0n) is 13.5. The first-order chi connectivity index (χ1) is 12.2. The SMILES string of the molecule is COc1cccc(-c2cc(CSc3c[nH]c4ccc(Cl)cc34)n[nH]2)c1. The molecule has 2 N–H and O–H groups in total. The van der Waals surface area contributed by atoms with Crippen LogP contribution in [0.2, 0.25) is 5.02 Å². The quantitative estimate of drug-likeness (QED) is 0.456. The van der Waals surface area contributed by atoms with Crippen LogP contribution in [0.3, 0.4) is 0 Å². The zero-order valence-corrected chi connectivity index (χ0v) is 15.1. The van der Waals surface area contributed by atoms with Crippen molar-refractivity contribution >= 4 is 34.3 Å². The van der Waals surface area contributed by atoms with Gasteiger partial charge in [-0.15, -0.1) is 11.8 Å². The highest BCUT2D eigenvalue weighted by atomic mass is 35.5. The number of nitrogens with one attached hydrogen (secondary N) is 2. The minimum atomic E-state index is 0.744. The van der Waals surface area contributed by atoms with Crippen molar-refractivity contribution in [3.63, 3.8) is 0 Å². The summed E-state index contributed by atoms with van der Waals surface area (Å²) in [5.41, 5.74) is 4.13. The molecule has 0 atom stereocenters. The zero-order chi connectivity index (χ0) is 17.2. The van der Waals surface area contributed by atoms with Gasteiger partial charge in [0.05, 0.1) is 18.5 Å². The molecule has 4 rings (SSSR count). The molecule has 0 aliphatic rings. The largest absolute Gasteiger partial charge is 0.497 e. The second-order valence-electron chi connectivity index (χ2n) is 5.64. The van der Waals surface area contributed by atoms with Crippen LogP contribution in [0.15, 0.2) is 59.6 Å². The van der Waals surface area contributed by atoms with E-state index in [1.165, 1.54) is 4.90 Å². The number of aromatic nitrogens is 3. The number of ether oxygens (including phenoxy) is 1. The van der Waals surface area contributed by atoms with Crippen molar-refractivity contribution in [2.75, 3.05) is 7.11 Å². The van der Waals surface area contributed by atoms with Gasteiger partial charge < -0.3 is 9.72 Å². The van der Waals surface area contributed by atoms with Crippen LogP contribution in [0.25, 0.3) is 22.2 Å². The summed E-state index contributed by atoms with van der Waals surface area (Å²) in [4.78, 5) is 4.44. The lowest BCUT2D eigenvalue weighted by Crippen LogP contribution is -1.83. The minimum absolute atomic E-state index is 0.744. The molecule has 0 unspecified atom stereocenters. The maximum absolute atomic E-state index is 6.11. The molecule has 6 heteroatoms. The molecule has 0 fully saturated rings. The molecule has 4 nitrogen and oxygen atoms in total. The van der Waals surface area contributed by atoms with Gasteiger partial charge in [-0.25, -0.2) is 0 Å². The number of aromatic amines is 2. The first kappa shape index (κ1) is 16.1. The van der Waals surface area contributed by atoms with E-state index in [2.05, 4.69) is 21.2 Å². The molecule has 4 aromatic rings. The highest BCUT2D eigenvalue weighted by molar-refractivity contribution is 7.98. The summed E-state index contributed by atoms with van der Waals surface area (Å²) >= 11 is 7.85. The topological polar surface area (TPSA) is 53.7 Å². The number of rotatable bonds is 5. The molecule has 2 aromatic heterocycles. The van der Waals surface area contributed by atoms with Gasteiger partial charge in [-0.3, -0.25) is 5.10 Å². The highest BCUT2D eigenvalue weighted by Gasteiger charge is 2.08. The van der Waals surface area contributed by atoms with Crippen LogP contribution in [-0.2, 0) is 5.75 Å². The van der Waals surface area contributed by atoms with Crippen molar-refractivity contribution in [1.82, 2.24) is 15.2 Å². The standard InChI is InChI=1S/C19H16ClN3OS/c1-24-15-4-2-3-12(7-15)18-9-14(22-23-18)11-25-19-10-21-17-6-5-13(20)8-16(17)19/h2-10,21H,11H2,1H3,(H,22,23). The number of hydrogen-bond donors (Lipinski definition) is 2. The molecule has 25 heavy (non-hydrogen) atoms. The Morgan fingerprint density at radius 3 is 2.96 bits per heavy atom. The van der Waals surface area contributed by atoms with Crippen molar-refractivity contribution in [1.29, 1.82) is 0 Å². The van der Waals surface area contributed by atoms with Crippen molar-refractivity contribution in [2.45, 2.75) is 10.6 Å². The molecule has 0 spiro atoms. The Kier molecular flexibility index (Phi) is 4.42. The first-order valence-electron chi connectivity index (χ1n) is 7.81. The van der Waals surface area contributed by atoms with Crippen LogP contribution >= 0.6 is 23.4 Å². The van der Waals surface area contributed by atoms with E-state index in [0.717, 1.165) is 44.4 Å². The Balaban J connectivity index is 1.52. The lowest BCUT2D eigenvalue weighted by atomic mass is 10.1. The van der Waals surface area contributed by atoms with E-state index in [4.69, 9.17) is 16.3 Å². The second-order valence-corrected chi connectivity index (χ2v) is 7.09. The summed E-state index contributed by atoms with van der Waals surface area (Å²) in [6, 6.07) is 15.9. The first-order valence-corrected chi connectivity index (χ1v) is 9.17. The number of hydrogen-bond acceptors (Lipinski definition) is 3. The van der Waals surface area contributed by atoms with Gasteiger partial charge in [0, 0.05) is 38.3 Å². The predicted molar refractivity (Wildman–Crippen MR) is 103 cm³/mol. The van der Waals surface area contributed by atoms with E-state index in [0.29, 0.717) is 0 Å². The number of thioether (sulfide) groups is 1. The third-order valence-corrected chi connectivity index (χ3v) is 5.32. The maximum Gasteiger partial charge on any atom is 0.119 e. The molecule has 0 saturated carbocycles. The molecular formula is C19H16ClN3OS. The van der Waals surface area contributed by atoms with E-state index in [-0.39, 0.29) is 0 Å². The normalized spacial score (nSPS) is 11.1. The fraction of sp³-hybridized carbons (Fsp3) is 0.105. The van der Waals surface area contributed by atoms with Gasteiger partial charge in [0.2, 0.25) is 0 Å². The van der Waals surface area contributed by atoms with Gasteiger partial charge >= 0.3 is 0 Å². The second kappa shape index (κ2) is 6.86. The molecule has 2 aromatic carbocycles. The summed E-state index contributed by atoms with van der Waals surface area (Å²) < 4.78 is 5.28. The Morgan fingerprint density at radius 1 is 1.16 bits per heavy atom. The summed E-state index contributed by atoms with van der Waals surface area (Å²) in [7, 11) is 1.67. The molecule has 0 amide bonds. The summed E-state index contributed by atoms with van der Waals surface area (Å²) in [5, 5.41) is 9.41. The molecule has 2 heterocycles. The molecule has 126 valence electrons. The van der Waals surface area contributed by atoms with E-state index < -0.39 is 0 Å². The summed E-state index contributed by atoms with van der Waals surface area (Å²) in [6.45, 7) is 0. The van der Waals surface area contributed by atoms with E-state index in [1.54, 1.807) is 18.9 Å². The third kappa shape index (κ3) is 3.38. The Labute approximate surface area is 154 Å². The van der Waals surface area contributed by atoms with Gasteiger partial charge in [0.1, 0.15) is 5.75 Å². The lowest BCUT2D eigenvalue weighted by Gasteiger charge is -2.01. The molecule has 0 saturated heterocycles. The van der Waals surface area contributed by atoms with Crippen molar-refractivity contribution in [3.05, 3.63) is 65.4 Å². The number of H-pyrrole nitrogens is 2. The van der Waals surface area contributed by atoms with Gasteiger partial charge in [0.25, 0.3) is 0 Å². The number of benzene rings is 2. The van der Waals surface area contributed by atoms with Gasteiger partial charge in [-0.2, -0.15) is 5.10 Å². The number of nitrogens with zero attached hydrogens (tertiary/aromatic N) is 1. The molecule has 0 aliphatic heterocycles. The van der Waals surface area contributed by atoms with E-state index in [9.17, 15) is 0 Å². The fourth-order valence-corrected chi connectivity index (χ4v) is 3.80.